The fourth-order valence-corrected chi connectivity index (χ4v) is 4.42. The molecule has 4 rings (SSSR count). The Morgan fingerprint density at radius 2 is 1.97 bits per heavy atom. The first-order valence-corrected chi connectivity index (χ1v) is 10.9. The molecule has 2 heterocycles. The Morgan fingerprint density at radius 1 is 1.19 bits per heavy atom. The quantitative estimate of drug-likeness (QED) is 0.721. The molecule has 0 spiro atoms. The predicted molar refractivity (Wildman–Crippen MR) is 121 cm³/mol. The number of morpholine rings is 1. The van der Waals surface area contributed by atoms with Gasteiger partial charge in [-0.25, -0.2) is 4.79 Å². The van der Waals surface area contributed by atoms with E-state index in [1.807, 2.05) is 43.3 Å². The highest BCUT2D eigenvalue weighted by atomic mass is 35.5. The van der Waals surface area contributed by atoms with Crippen molar-refractivity contribution in [2.24, 2.45) is 0 Å². The molecule has 0 radical (unpaired) electrons. The van der Waals surface area contributed by atoms with Crippen LogP contribution < -0.4 is 15.5 Å². The second kappa shape index (κ2) is 9.68. The second-order valence-corrected chi connectivity index (χ2v) is 8.19. The van der Waals surface area contributed by atoms with Crippen molar-refractivity contribution in [3.8, 4) is 0 Å². The Morgan fingerprint density at radius 3 is 2.65 bits per heavy atom. The minimum absolute atomic E-state index is 0.0322. The molecule has 2 aromatic rings. The average molecular weight is 443 g/mol. The zero-order valence-corrected chi connectivity index (χ0v) is 18.3. The van der Waals surface area contributed by atoms with Gasteiger partial charge >= 0.3 is 6.03 Å². The van der Waals surface area contributed by atoms with Gasteiger partial charge in [-0.2, -0.15) is 0 Å². The Labute approximate surface area is 187 Å². The number of anilines is 1. The smallest absolute Gasteiger partial charge is 0.322 e. The summed E-state index contributed by atoms with van der Waals surface area (Å²) < 4.78 is 5.49. The lowest BCUT2D eigenvalue weighted by atomic mass is 10.0. The summed E-state index contributed by atoms with van der Waals surface area (Å²) in [5.74, 6) is -0.147. The first-order chi connectivity index (χ1) is 15.0. The van der Waals surface area contributed by atoms with Gasteiger partial charge in [-0.3, -0.25) is 14.6 Å². The maximum atomic E-state index is 12.9. The number of nitrogens with one attached hydrogen (secondary N) is 2. The summed E-state index contributed by atoms with van der Waals surface area (Å²) in [6, 6.07) is 13.1. The second-order valence-electron chi connectivity index (χ2n) is 7.78. The average Bonchev–Trinajstić information content (AvgIpc) is 3.21. The van der Waals surface area contributed by atoms with Gasteiger partial charge in [0.2, 0.25) is 0 Å². The Bertz CT molecular complexity index is 962. The zero-order chi connectivity index (χ0) is 21.8. The Hall–Kier alpha value is -2.61. The van der Waals surface area contributed by atoms with Gasteiger partial charge in [-0.05, 0) is 42.3 Å². The minimum Gasteiger partial charge on any atom is -0.379 e. The van der Waals surface area contributed by atoms with Crippen molar-refractivity contribution in [1.82, 2.24) is 15.5 Å². The van der Waals surface area contributed by atoms with Crippen LogP contribution in [0.2, 0.25) is 5.02 Å². The molecule has 2 saturated heterocycles. The molecule has 8 heteroatoms. The van der Waals surface area contributed by atoms with Gasteiger partial charge in [-0.1, -0.05) is 29.8 Å². The molecule has 7 nitrogen and oxygen atoms in total. The number of halogens is 1. The van der Waals surface area contributed by atoms with Crippen molar-refractivity contribution in [1.29, 1.82) is 0 Å². The molecular formula is C23H27ClN4O3. The van der Waals surface area contributed by atoms with E-state index in [1.165, 1.54) is 0 Å². The third kappa shape index (κ3) is 4.84. The molecule has 164 valence electrons. The van der Waals surface area contributed by atoms with Crippen molar-refractivity contribution in [3.05, 3.63) is 64.2 Å². The molecule has 2 aliphatic rings. The summed E-state index contributed by atoms with van der Waals surface area (Å²) in [6.07, 6.45) is 0. The summed E-state index contributed by atoms with van der Waals surface area (Å²) in [5.41, 5.74) is 3.29. The molecule has 2 aliphatic heterocycles. The standard InChI is InChI=1S/C23H27ClN4O3/c1-16-14-17(6-7-20(16)28-9-8-25-23(28)30)22(29)26-15-21(27-10-12-31-13-11-27)18-4-2-3-5-19(18)24/h2-7,14,21H,8-13,15H2,1H3,(H,25,30)(H,26,29). The fourth-order valence-electron chi connectivity index (χ4n) is 4.16. The Kier molecular flexibility index (Phi) is 6.75. The van der Waals surface area contributed by atoms with E-state index in [9.17, 15) is 9.59 Å². The molecule has 1 unspecified atom stereocenters. The third-order valence-electron chi connectivity index (χ3n) is 5.81. The molecule has 2 aromatic carbocycles. The summed E-state index contributed by atoms with van der Waals surface area (Å²) in [7, 11) is 0. The molecule has 3 amide bonds. The molecule has 0 aromatic heterocycles. The molecule has 0 aliphatic carbocycles. The first kappa shape index (κ1) is 21.6. The van der Waals surface area contributed by atoms with Crippen molar-refractivity contribution >= 4 is 29.2 Å². The number of aryl methyl sites for hydroxylation is 1. The van der Waals surface area contributed by atoms with Crippen LogP contribution in [0.4, 0.5) is 10.5 Å². The van der Waals surface area contributed by atoms with E-state index < -0.39 is 0 Å². The van der Waals surface area contributed by atoms with Crippen LogP contribution in [0, 0.1) is 6.92 Å². The van der Waals surface area contributed by atoms with Crippen LogP contribution in [0.1, 0.15) is 27.5 Å². The highest BCUT2D eigenvalue weighted by Gasteiger charge is 2.26. The summed E-state index contributed by atoms with van der Waals surface area (Å²) in [5, 5.41) is 6.57. The van der Waals surface area contributed by atoms with E-state index in [-0.39, 0.29) is 18.0 Å². The minimum atomic E-state index is -0.147. The van der Waals surface area contributed by atoms with Crippen LogP contribution in [-0.2, 0) is 4.74 Å². The van der Waals surface area contributed by atoms with E-state index in [0.29, 0.717) is 43.4 Å². The van der Waals surface area contributed by atoms with Gasteiger partial charge < -0.3 is 15.4 Å². The van der Waals surface area contributed by atoms with Crippen LogP contribution >= 0.6 is 11.6 Å². The van der Waals surface area contributed by atoms with Crippen LogP contribution in [-0.4, -0.2) is 62.8 Å². The normalized spacial score (nSPS) is 18.0. The number of rotatable bonds is 6. The largest absolute Gasteiger partial charge is 0.379 e. The lowest BCUT2D eigenvalue weighted by Gasteiger charge is -2.35. The number of nitrogens with zero attached hydrogens (tertiary/aromatic N) is 2. The monoisotopic (exact) mass is 442 g/mol. The van der Waals surface area contributed by atoms with Crippen LogP contribution in [0.3, 0.4) is 0 Å². The van der Waals surface area contributed by atoms with Crippen LogP contribution in [0.15, 0.2) is 42.5 Å². The van der Waals surface area contributed by atoms with Crippen molar-refractivity contribution in [2.45, 2.75) is 13.0 Å². The van der Waals surface area contributed by atoms with Crippen LogP contribution in [0.5, 0.6) is 0 Å². The number of ether oxygens (including phenoxy) is 1. The molecule has 0 saturated carbocycles. The summed E-state index contributed by atoms with van der Waals surface area (Å²) >= 11 is 6.47. The first-order valence-electron chi connectivity index (χ1n) is 10.5. The number of carbonyl (C=O) groups is 2. The van der Waals surface area contributed by atoms with E-state index in [1.54, 1.807) is 11.0 Å². The summed E-state index contributed by atoms with van der Waals surface area (Å²) in [6.45, 7) is 6.53. The highest BCUT2D eigenvalue weighted by Crippen LogP contribution is 2.28. The fraction of sp³-hybridized carbons (Fsp3) is 0.391. The molecule has 2 N–H and O–H groups in total. The number of benzene rings is 2. The Balaban J connectivity index is 1.48. The molecule has 1 atom stereocenters. The number of hydrogen-bond acceptors (Lipinski definition) is 4. The lowest BCUT2D eigenvalue weighted by Crippen LogP contribution is -2.44. The lowest BCUT2D eigenvalue weighted by molar-refractivity contribution is 0.0162. The van der Waals surface area contributed by atoms with E-state index in [2.05, 4.69) is 15.5 Å². The van der Waals surface area contributed by atoms with Crippen LogP contribution in [0.25, 0.3) is 0 Å². The molecule has 2 fully saturated rings. The SMILES string of the molecule is Cc1cc(C(=O)NCC(c2ccccc2Cl)N2CCOCC2)ccc1N1CCNC1=O. The van der Waals surface area contributed by atoms with Gasteiger partial charge in [-0.15, -0.1) is 0 Å². The molecule has 31 heavy (non-hydrogen) atoms. The predicted octanol–water partition coefficient (Wildman–Crippen LogP) is 2.98. The number of carbonyl (C=O) groups excluding carboxylic acids is 2. The van der Waals surface area contributed by atoms with Gasteiger partial charge in [0.15, 0.2) is 0 Å². The van der Waals surface area contributed by atoms with E-state index >= 15 is 0 Å². The van der Waals surface area contributed by atoms with E-state index in [0.717, 1.165) is 29.9 Å². The zero-order valence-electron chi connectivity index (χ0n) is 17.6. The van der Waals surface area contributed by atoms with Gasteiger partial charge in [0.25, 0.3) is 5.91 Å². The number of amides is 3. The third-order valence-corrected chi connectivity index (χ3v) is 6.16. The number of urea groups is 1. The van der Waals surface area contributed by atoms with E-state index in [4.69, 9.17) is 16.3 Å². The maximum absolute atomic E-state index is 12.9. The van der Waals surface area contributed by atoms with Crippen molar-refractivity contribution in [2.75, 3.05) is 50.8 Å². The molecular weight excluding hydrogens is 416 g/mol. The van der Waals surface area contributed by atoms with Crippen molar-refractivity contribution in [3.63, 3.8) is 0 Å². The number of hydrogen-bond donors (Lipinski definition) is 2. The molecule has 0 bridgehead atoms. The van der Waals surface area contributed by atoms with Crippen molar-refractivity contribution < 1.29 is 14.3 Å². The van der Waals surface area contributed by atoms with Gasteiger partial charge in [0.1, 0.15) is 0 Å². The summed E-state index contributed by atoms with van der Waals surface area (Å²) in [4.78, 5) is 28.9. The topological polar surface area (TPSA) is 73.9 Å². The van der Waals surface area contributed by atoms with Gasteiger partial charge in [0.05, 0.1) is 19.3 Å². The van der Waals surface area contributed by atoms with Gasteiger partial charge in [0, 0.05) is 49.0 Å². The highest BCUT2D eigenvalue weighted by molar-refractivity contribution is 6.31. The maximum Gasteiger partial charge on any atom is 0.322 e.